The summed E-state index contributed by atoms with van der Waals surface area (Å²) in [5, 5.41) is 13.2. The molecule has 2 aromatic heterocycles. The summed E-state index contributed by atoms with van der Waals surface area (Å²) in [4.78, 5) is 32.1. The molecule has 8 heteroatoms. The number of amides is 1. The van der Waals surface area contributed by atoms with Gasteiger partial charge < -0.3 is 14.7 Å². The van der Waals surface area contributed by atoms with Crippen LogP contribution in [0.5, 0.6) is 5.75 Å². The van der Waals surface area contributed by atoms with E-state index >= 15 is 0 Å². The number of aliphatic hydroxyl groups is 1. The molecule has 3 heterocycles. The van der Waals surface area contributed by atoms with Crippen molar-refractivity contribution in [3.63, 3.8) is 0 Å². The number of carbonyl (C=O) groups excluding carboxylic acids is 2. The summed E-state index contributed by atoms with van der Waals surface area (Å²) >= 11 is 7.61. The molecule has 4 rings (SSSR count). The molecule has 0 radical (unpaired) electrons. The van der Waals surface area contributed by atoms with E-state index in [1.807, 2.05) is 17.5 Å². The van der Waals surface area contributed by atoms with Crippen LogP contribution in [0, 0.1) is 0 Å². The lowest BCUT2D eigenvalue weighted by molar-refractivity contribution is -0.140. The molecule has 1 fully saturated rings. The zero-order valence-corrected chi connectivity index (χ0v) is 17.5. The van der Waals surface area contributed by atoms with Crippen molar-refractivity contribution in [1.29, 1.82) is 0 Å². The molecule has 1 aromatic carbocycles. The van der Waals surface area contributed by atoms with E-state index in [4.69, 9.17) is 16.3 Å². The fourth-order valence-corrected chi connectivity index (χ4v) is 4.54. The van der Waals surface area contributed by atoms with Crippen LogP contribution in [0.25, 0.3) is 5.76 Å². The predicted octanol–water partition coefficient (Wildman–Crippen LogP) is 4.43. The quantitative estimate of drug-likeness (QED) is 0.360. The van der Waals surface area contributed by atoms with E-state index in [0.29, 0.717) is 16.3 Å². The van der Waals surface area contributed by atoms with E-state index in [0.717, 1.165) is 10.4 Å². The van der Waals surface area contributed by atoms with Crippen LogP contribution in [0.15, 0.2) is 65.8 Å². The van der Waals surface area contributed by atoms with Crippen molar-refractivity contribution in [2.75, 3.05) is 7.11 Å². The number of methoxy groups -OCH3 is 1. The molecule has 0 aliphatic carbocycles. The normalized spacial score (nSPS) is 18.1. The molecule has 0 saturated carbocycles. The molecule has 30 heavy (non-hydrogen) atoms. The van der Waals surface area contributed by atoms with Crippen molar-refractivity contribution in [3.8, 4) is 5.75 Å². The molecule has 6 nitrogen and oxygen atoms in total. The molecule has 1 atom stereocenters. The third-order valence-electron chi connectivity index (χ3n) is 4.88. The SMILES string of the molecule is COc1ccc(/C(O)=C2/C(=O)C(=O)N(Cc3ccncc3)C2c2cccs2)cc1Cl. The molecule has 1 unspecified atom stereocenters. The van der Waals surface area contributed by atoms with E-state index < -0.39 is 17.7 Å². The monoisotopic (exact) mass is 440 g/mol. The summed E-state index contributed by atoms with van der Waals surface area (Å²) in [6.45, 7) is 0.218. The molecular weight excluding hydrogens is 424 g/mol. The summed E-state index contributed by atoms with van der Waals surface area (Å²) in [7, 11) is 1.49. The van der Waals surface area contributed by atoms with Crippen molar-refractivity contribution in [1.82, 2.24) is 9.88 Å². The minimum atomic E-state index is -0.730. The molecule has 1 amide bonds. The first-order chi connectivity index (χ1) is 14.5. The van der Waals surface area contributed by atoms with E-state index in [1.54, 1.807) is 36.7 Å². The van der Waals surface area contributed by atoms with Crippen molar-refractivity contribution >= 4 is 40.4 Å². The Balaban J connectivity index is 1.83. The lowest BCUT2D eigenvalue weighted by Gasteiger charge is -2.24. The van der Waals surface area contributed by atoms with Crippen LogP contribution in [0.1, 0.15) is 22.0 Å². The number of pyridine rings is 1. The summed E-state index contributed by atoms with van der Waals surface area (Å²) < 4.78 is 5.14. The van der Waals surface area contributed by atoms with Crippen molar-refractivity contribution in [2.24, 2.45) is 0 Å². The lowest BCUT2D eigenvalue weighted by Crippen LogP contribution is -2.28. The number of Topliss-reactive ketones (excluding diaryl/α,β-unsaturated/α-hetero) is 1. The Kier molecular flexibility index (Phi) is 5.57. The number of ether oxygens (including phenoxy) is 1. The summed E-state index contributed by atoms with van der Waals surface area (Å²) in [5.74, 6) is -1.21. The predicted molar refractivity (Wildman–Crippen MR) is 114 cm³/mol. The van der Waals surface area contributed by atoms with Gasteiger partial charge in [-0.15, -0.1) is 11.3 Å². The van der Waals surface area contributed by atoms with Gasteiger partial charge in [0.15, 0.2) is 0 Å². The van der Waals surface area contributed by atoms with E-state index in [-0.39, 0.29) is 17.9 Å². The van der Waals surface area contributed by atoms with Gasteiger partial charge in [-0.3, -0.25) is 14.6 Å². The topological polar surface area (TPSA) is 79.7 Å². The average molecular weight is 441 g/mol. The maximum absolute atomic E-state index is 13.0. The van der Waals surface area contributed by atoms with Gasteiger partial charge in [-0.25, -0.2) is 0 Å². The molecule has 0 spiro atoms. The third-order valence-corrected chi connectivity index (χ3v) is 6.10. The minimum Gasteiger partial charge on any atom is -0.507 e. The Labute approximate surface area is 182 Å². The van der Waals surface area contributed by atoms with Gasteiger partial charge >= 0.3 is 0 Å². The van der Waals surface area contributed by atoms with Crippen LogP contribution >= 0.6 is 22.9 Å². The molecule has 1 saturated heterocycles. The number of thiophene rings is 1. The first-order valence-corrected chi connectivity index (χ1v) is 10.3. The molecule has 1 N–H and O–H groups in total. The Morgan fingerprint density at radius 1 is 1.23 bits per heavy atom. The van der Waals surface area contributed by atoms with Gasteiger partial charge in [0.1, 0.15) is 11.5 Å². The van der Waals surface area contributed by atoms with Gasteiger partial charge in [-0.2, -0.15) is 0 Å². The van der Waals surface area contributed by atoms with Crippen LogP contribution in [0.4, 0.5) is 0 Å². The molecule has 152 valence electrons. The van der Waals surface area contributed by atoms with Gasteiger partial charge in [0.25, 0.3) is 11.7 Å². The average Bonchev–Trinajstić information content (AvgIpc) is 3.37. The number of aliphatic hydroxyl groups excluding tert-OH is 1. The number of rotatable bonds is 5. The highest BCUT2D eigenvalue weighted by Crippen LogP contribution is 2.42. The number of carbonyl (C=O) groups is 2. The Morgan fingerprint density at radius 3 is 2.63 bits per heavy atom. The van der Waals surface area contributed by atoms with Gasteiger partial charge in [0, 0.05) is 29.4 Å². The number of benzene rings is 1. The first kappa shape index (κ1) is 20.1. The van der Waals surface area contributed by atoms with Crippen molar-refractivity contribution in [3.05, 3.63) is 86.8 Å². The van der Waals surface area contributed by atoms with E-state index in [2.05, 4.69) is 4.98 Å². The van der Waals surface area contributed by atoms with Gasteiger partial charge in [-0.1, -0.05) is 17.7 Å². The van der Waals surface area contributed by atoms with Crippen LogP contribution in [0.2, 0.25) is 5.02 Å². The smallest absolute Gasteiger partial charge is 0.295 e. The van der Waals surface area contributed by atoms with Crippen LogP contribution in [-0.2, 0) is 16.1 Å². The zero-order chi connectivity index (χ0) is 21.3. The number of hydrogen-bond donors (Lipinski definition) is 1. The maximum Gasteiger partial charge on any atom is 0.295 e. The Morgan fingerprint density at radius 2 is 2.00 bits per heavy atom. The van der Waals surface area contributed by atoms with Gasteiger partial charge in [-0.05, 0) is 47.3 Å². The fraction of sp³-hybridized carbons (Fsp3) is 0.136. The highest BCUT2D eigenvalue weighted by molar-refractivity contribution is 7.10. The standard InChI is InChI=1S/C22H17ClN2O4S/c1-29-16-5-4-14(11-15(16)23)20(26)18-19(17-3-2-10-30-17)25(22(28)21(18)27)12-13-6-8-24-9-7-13/h2-11,19,26H,12H2,1H3/b20-18-. The third kappa shape index (κ3) is 3.58. The highest BCUT2D eigenvalue weighted by atomic mass is 35.5. The fourth-order valence-electron chi connectivity index (χ4n) is 3.44. The minimum absolute atomic E-state index is 0.0396. The molecular formula is C22H17ClN2O4S. The van der Waals surface area contributed by atoms with Crippen molar-refractivity contribution in [2.45, 2.75) is 12.6 Å². The van der Waals surface area contributed by atoms with Crippen LogP contribution in [0.3, 0.4) is 0 Å². The summed E-state index contributed by atoms with van der Waals surface area (Å²) in [6.07, 6.45) is 3.26. The molecule has 3 aromatic rings. The maximum atomic E-state index is 13.0. The zero-order valence-electron chi connectivity index (χ0n) is 15.9. The summed E-state index contributed by atoms with van der Waals surface area (Å²) in [5.41, 5.74) is 1.21. The van der Waals surface area contributed by atoms with Crippen LogP contribution in [-0.4, -0.2) is 33.8 Å². The van der Waals surface area contributed by atoms with E-state index in [9.17, 15) is 14.7 Å². The Hall–Kier alpha value is -3.16. The first-order valence-electron chi connectivity index (χ1n) is 9.06. The molecule has 1 aliphatic rings. The number of ketones is 1. The summed E-state index contributed by atoms with van der Waals surface area (Å²) in [6, 6.07) is 11.3. The van der Waals surface area contributed by atoms with Gasteiger partial charge in [0.05, 0.1) is 23.7 Å². The second-order valence-electron chi connectivity index (χ2n) is 6.65. The number of aromatic nitrogens is 1. The number of nitrogens with zero attached hydrogens (tertiary/aromatic N) is 2. The lowest BCUT2D eigenvalue weighted by atomic mass is 9.99. The second-order valence-corrected chi connectivity index (χ2v) is 8.03. The van der Waals surface area contributed by atoms with E-state index in [1.165, 1.54) is 29.4 Å². The molecule has 0 bridgehead atoms. The number of halogens is 1. The number of likely N-dealkylation sites (tertiary alicyclic amines) is 1. The van der Waals surface area contributed by atoms with Crippen molar-refractivity contribution < 1.29 is 19.4 Å². The second kappa shape index (κ2) is 8.30. The largest absolute Gasteiger partial charge is 0.507 e. The number of hydrogen-bond acceptors (Lipinski definition) is 6. The Bertz CT molecular complexity index is 1130. The highest BCUT2D eigenvalue weighted by Gasteiger charge is 2.46. The van der Waals surface area contributed by atoms with Gasteiger partial charge in [0.2, 0.25) is 0 Å². The van der Waals surface area contributed by atoms with Crippen LogP contribution < -0.4 is 4.74 Å². The molecule has 1 aliphatic heterocycles.